The summed E-state index contributed by atoms with van der Waals surface area (Å²) >= 11 is 1.59. The molecule has 0 saturated carbocycles. The maximum Gasteiger partial charge on any atom is 0.231 e. The van der Waals surface area contributed by atoms with Crippen LogP contribution in [-0.4, -0.2) is 34.0 Å². The lowest BCUT2D eigenvalue weighted by Gasteiger charge is -2.31. The number of rotatable bonds is 4. The highest BCUT2D eigenvalue weighted by molar-refractivity contribution is 7.13. The van der Waals surface area contributed by atoms with Gasteiger partial charge < -0.3 is 9.42 Å². The molecule has 1 aromatic carbocycles. The largest absolute Gasteiger partial charge is 0.342 e. The number of likely N-dealkylation sites (tertiary alicyclic amines) is 1. The van der Waals surface area contributed by atoms with Gasteiger partial charge in [0.1, 0.15) is 0 Å². The first-order chi connectivity index (χ1) is 12.3. The summed E-state index contributed by atoms with van der Waals surface area (Å²) in [6.07, 6.45) is 2.38. The maximum absolute atomic E-state index is 12.6. The Morgan fingerprint density at radius 3 is 2.92 bits per heavy atom. The summed E-state index contributed by atoms with van der Waals surface area (Å²) in [5, 5.41) is 6.09. The van der Waals surface area contributed by atoms with Gasteiger partial charge in [0.2, 0.25) is 17.6 Å². The summed E-state index contributed by atoms with van der Waals surface area (Å²) in [6, 6.07) is 13.8. The van der Waals surface area contributed by atoms with Gasteiger partial charge in [-0.15, -0.1) is 11.3 Å². The van der Waals surface area contributed by atoms with Crippen LogP contribution in [0.4, 0.5) is 0 Å². The van der Waals surface area contributed by atoms with Crippen molar-refractivity contribution in [3.63, 3.8) is 0 Å². The molecule has 1 fully saturated rings. The van der Waals surface area contributed by atoms with Crippen LogP contribution in [-0.2, 0) is 11.2 Å². The summed E-state index contributed by atoms with van der Waals surface area (Å²) in [5.41, 5.74) is 1.05. The van der Waals surface area contributed by atoms with E-state index in [1.165, 1.54) is 0 Å². The Morgan fingerprint density at radius 2 is 2.12 bits per heavy atom. The molecule has 0 aliphatic carbocycles. The normalized spacial score (nSPS) is 17.6. The number of benzene rings is 1. The SMILES string of the molecule is O=C(Cc1ccccc1)N1CCC[C@@H](c2nc(-c3cccs3)no2)C1. The van der Waals surface area contributed by atoms with Crippen LogP contribution in [0.5, 0.6) is 0 Å². The van der Waals surface area contributed by atoms with Crippen molar-refractivity contribution in [1.29, 1.82) is 0 Å². The average Bonchev–Trinajstić information content (AvgIpc) is 3.34. The zero-order valence-electron chi connectivity index (χ0n) is 13.8. The molecule has 3 heterocycles. The van der Waals surface area contributed by atoms with Crippen LogP contribution in [0, 0.1) is 0 Å². The molecule has 0 N–H and O–H groups in total. The minimum absolute atomic E-state index is 0.120. The maximum atomic E-state index is 12.6. The van der Waals surface area contributed by atoms with Crippen molar-refractivity contribution in [2.45, 2.75) is 25.2 Å². The van der Waals surface area contributed by atoms with Gasteiger partial charge in [-0.3, -0.25) is 4.79 Å². The van der Waals surface area contributed by atoms with E-state index in [4.69, 9.17) is 4.52 Å². The quantitative estimate of drug-likeness (QED) is 0.717. The summed E-state index contributed by atoms with van der Waals surface area (Å²) in [5.74, 6) is 1.56. The molecule has 1 aliphatic rings. The first-order valence-electron chi connectivity index (χ1n) is 8.49. The second-order valence-corrected chi connectivity index (χ2v) is 7.22. The van der Waals surface area contributed by atoms with Gasteiger partial charge in [-0.1, -0.05) is 41.6 Å². The molecule has 5 nitrogen and oxygen atoms in total. The average molecular weight is 353 g/mol. The molecular weight excluding hydrogens is 334 g/mol. The van der Waals surface area contributed by atoms with Crippen LogP contribution in [0.25, 0.3) is 10.7 Å². The lowest BCUT2D eigenvalue weighted by molar-refractivity contribution is -0.131. The lowest BCUT2D eigenvalue weighted by atomic mass is 9.97. The minimum atomic E-state index is 0.120. The lowest BCUT2D eigenvalue weighted by Crippen LogP contribution is -2.40. The van der Waals surface area contributed by atoms with E-state index < -0.39 is 0 Å². The van der Waals surface area contributed by atoms with Crippen LogP contribution in [0.2, 0.25) is 0 Å². The van der Waals surface area contributed by atoms with Crippen molar-refractivity contribution < 1.29 is 9.32 Å². The van der Waals surface area contributed by atoms with Gasteiger partial charge in [-0.05, 0) is 29.9 Å². The van der Waals surface area contributed by atoms with E-state index in [1.807, 2.05) is 52.7 Å². The molecule has 1 saturated heterocycles. The number of carbonyl (C=O) groups is 1. The number of aromatic nitrogens is 2. The summed E-state index contributed by atoms with van der Waals surface area (Å²) in [4.78, 5) is 20.1. The van der Waals surface area contributed by atoms with Crippen LogP contribution in [0.15, 0.2) is 52.4 Å². The fraction of sp³-hybridized carbons (Fsp3) is 0.316. The molecule has 0 bridgehead atoms. The molecule has 128 valence electrons. The molecule has 1 amide bonds. The minimum Gasteiger partial charge on any atom is -0.342 e. The molecule has 0 radical (unpaired) electrons. The standard InChI is InChI=1S/C19H19N3O2S/c23-17(12-14-6-2-1-3-7-14)22-10-4-8-15(13-22)19-20-18(21-24-19)16-9-5-11-25-16/h1-3,5-7,9,11,15H,4,8,10,12-13H2/t15-/m1/s1. The molecule has 25 heavy (non-hydrogen) atoms. The Labute approximate surface area is 150 Å². The number of hydrogen-bond donors (Lipinski definition) is 0. The second-order valence-electron chi connectivity index (χ2n) is 6.27. The number of carbonyl (C=O) groups excluding carboxylic acids is 1. The highest BCUT2D eigenvalue weighted by Gasteiger charge is 2.28. The fourth-order valence-electron chi connectivity index (χ4n) is 3.19. The Bertz CT molecular complexity index is 829. The van der Waals surface area contributed by atoms with Gasteiger partial charge in [-0.25, -0.2) is 0 Å². The van der Waals surface area contributed by atoms with E-state index in [0.717, 1.165) is 29.8 Å². The van der Waals surface area contributed by atoms with Gasteiger partial charge in [0, 0.05) is 13.1 Å². The number of hydrogen-bond acceptors (Lipinski definition) is 5. The van der Waals surface area contributed by atoms with E-state index in [-0.39, 0.29) is 11.8 Å². The summed E-state index contributed by atoms with van der Waals surface area (Å²) < 4.78 is 5.48. The van der Waals surface area contributed by atoms with E-state index >= 15 is 0 Å². The Morgan fingerprint density at radius 1 is 1.24 bits per heavy atom. The third-order valence-electron chi connectivity index (χ3n) is 4.50. The second kappa shape index (κ2) is 7.19. The van der Waals surface area contributed by atoms with Crippen molar-refractivity contribution in [2.24, 2.45) is 0 Å². The number of amides is 1. The fourth-order valence-corrected chi connectivity index (χ4v) is 3.84. The van der Waals surface area contributed by atoms with E-state index in [9.17, 15) is 4.79 Å². The molecule has 1 aliphatic heterocycles. The van der Waals surface area contributed by atoms with Crippen molar-refractivity contribution in [3.8, 4) is 10.7 Å². The van der Waals surface area contributed by atoms with Gasteiger partial charge in [0.15, 0.2) is 0 Å². The van der Waals surface area contributed by atoms with Gasteiger partial charge >= 0.3 is 0 Å². The summed E-state index contributed by atoms with van der Waals surface area (Å²) in [7, 11) is 0. The predicted octanol–water partition coefficient (Wildman–Crippen LogP) is 3.75. The third kappa shape index (κ3) is 3.64. The molecule has 4 rings (SSSR count). The monoisotopic (exact) mass is 353 g/mol. The predicted molar refractivity (Wildman–Crippen MR) is 96.3 cm³/mol. The van der Waals surface area contributed by atoms with E-state index in [2.05, 4.69) is 10.1 Å². The first kappa shape index (κ1) is 16.0. The highest BCUT2D eigenvalue weighted by atomic mass is 32.1. The van der Waals surface area contributed by atoms with E-state index in [0.29, 0.717) is 24.7 Å². The zero-order valence-corrected chi connectivity index (χ0v) is 14.6. The zero-order chi connectivity index (χ0) is 17.1. The summed E-state index contributed by atoms with van der Waals surface area (Å²) in [6.45, 7) is 1.45. The van der Waals surface area contributed by atoms with Gasteiger partial charge in [-0.2, -0.15) is 4.98 Å². The third-order valence-corrected chi connectivity index (χ3v) is 5.37. The topological polar surface area (TPSA) is 59.2 Å². The van der Waals surface area contributed by atoms with Crippen molar-refractivity contribution >= 4 is 17.2 Å². The molecule has 6 heteroatoms. The van der Waals surface area contributed by atoms with Crippen LogP contribution >= 0.6 is 11.3 Å². The van der Waals surface area contributed by atoms with Gasteiger partial charge in [0.25, 0.3) is 0 Å². The smallest absolute Gasteiger partial charge is 0.231 e. The Hall–Kier alpha value is -2.47. The number of piperidine rings is 1. The number of thiophene rings is 1. The van der Waals surface area contributed by atoms with Crippen molar-refractivity contribution in [2.75, 3.05) is 13.1 Å². The van der Waals surface area contributed by atoms with Crippen LogP contribution in [0.1, 0.15) is 30.2 Å². The Kier molecular flexibility index (Phi) is 4.61. The molecule has 1 atom stereocenters. The van der Waals surface area contributed by atoms with E-state index in [1.54, 1.807) is 11.3 Å². The number of nitrogens with zero attached hydrogens (tertiary/aromatic N) is 3. The highest BCUT2D eigenvalue weighted by Crippen LogP contribution is 2.29. The van der Waals surface area contributed by atoms with Crippen LogP contribution in [0.3, 0.4) is 0 Å². The molecular formula is C19H19N3O2S. The Balaban J connectivity index is 1.43. The van der Waals surface area contributed by atoms with Crippen molar-refractivity contribution in [1.82, 2.24) is 15.0 Å². The van der Waals surface area contributed by atoms with Crippen LogP contribution < -0.4 is 0 Å². The van der Waals surface area contributed by atoms with Gasteiger partial charge in [0.05, 0.1) is 17.2 Å². The first-order valence-corrected chi connectivity index (χ1v) is 9.37. The molecule has 2 aromatic heterocycles. The molecule has 3 aromatic rings. The molecule has 0 spiro atoms. The van der Waals surface area contributed by atoms with Crippen molar-refractivity contribution in [3.05, 3.63) is 59.3 Å². The molecule has 0 unspecified atom stereocenters.